The lowest BCUT2D eigenvalue weighted by molar-refractivity contribution is -0.0489. The number of benzene rings is 2. The van der Waals surface area contributed by atoms with Crippen molar-refractivity contribution in [1.82, 2.24) is 0 Å². The van der Waals surface area contributed by atoms with Crippen LogP contribution in [-0.4, -0.2) is 5.11 Å². The molecule has 22 heavy (non-hydrogen) atoms. The number of ether oxygens (including phenoxy) is 1. The molecule has 0 spiro atoms. The number of rotatable bonds is 4. The summed E-state index contributed by atoms with van der Waals surface area (Å²) in [7, 11) is 0. The quantitative estimate of drug-likeness (QED) is 0.889. The Morgan fingerprint density at radius 1 is 1.05 bits per heavy atom. The second kappa shape index (κ2) is 6.53. The second-order valence-electron chi connectivity index (χ2n) is 6.34. The highest BCUT2D eigenvalue weighted by Gasteiger charge is 2.39. The van der Waals surface area contributed by atoms with Crippen molar-refractivity contribution in [3.63, 3.8) is 0 Å². The molecule has 0 aromatic heterocycles. The lowest BCUT2D eigenvalue weighted by Crippen LogP contribution is -2.36. The van der Waals surface area contributed by atoms with E-state index in [1.54, 1.807) is 0 Å². The molecule has 116 valence electrons. The second-order valence-corrected chi connectivity index (χ2v) is 6.34. The van der Waals surface area contributed by atoms with E-state index >= 15 is 0 Å². The van der Waals surface area contributed by atoms with Gasteiger partial charge in [0.05, 0.1) is 5.60 Å². The molecule has 2 atom stereocenters. The summed E-state index contributed by atoms with van der Waals surface area (Å²) < 4.78 is 6.03. The van der Waals surface area contributed by atoms with Gasteiger partial charge in [0.15, 0.2) is 0 Å². The Morgan fingerprint density at radius 3 is 2.55 bits per heavy atom. The van der Waals surface area contributed by atoms with Gasteiger partial charge in [0, 0.05) is 5.56 Å². The standard InChI is InChI=1S/C20H24O2/c1-16-9-7-8-14-20(16,21)18-12-5-6-13-19(18)22-15-17-10-3-2-4-11-17/h2-6,10-13,16,21H,7-9,14-15H2,1H3. The van der Waals surface area contributed by atoms with E-state index < -0.39 is 5.60 Å². The highest BCUT2D eigenvalue weighted by molar-refractivity contribution is 5.39. The van der Waals surface area contributed by atoms with Gasteiger partial charge in [0.2, 0.25) is 0 Å². The summed E-state index contributed by atoms with van der Waals surface area (Å²) >= 11 is 0. The average Bonchev–Trinajstić information content (AvgIpc) is 2.57. The Morgan fingerprint density at radius 2 is 1.77 bits per heavy atom. The Labute approximate surface area is 132 Å². The molecular weight excluding hydrogens is 272 g/mol. The minimum atomic E-state index is -0.758. The molecule has 1 N–H and O–H groups in total. The number of para-hydroxylation sites is 1. The smallest absolute Gasteiger partial charge is 0.125 e. The van der Waals surface area contributed by atoms with Crippen LogP contribution < -0.4 is 4.74 Å². The fourth-order valence-electron chi connectivity index (χ4n) is 3.42. The minimum Gasteiger partial charge on any atom is -0.489 e. The van der Waals surface area contributed by atoms with Gasteiger partial charge in [-0.1, -0.05) is 68.3 Å². The van der Waals surface area contributed by atoms with E-state index in [1.807, 2.05) is 42.5 Å². The Bertz CT molecular complexity index is 608. The zero-order valence-corrected chi connectivity index (χ0v) is 13.2. The van der Waals surface area contributed by atoms with Gasteiger partial charge in [-0.2, -0.15) is 0 Å². The molecule has 2 unspecified atom stereocenters. The molecular formula is C20H24O2. The molecule has 0 bridgehead atoms. The van der Waals surface area contributed by atoms with E-state index in [0.717, 1.165) is 36.1 Å². The average molecular weight is 296 g/mol. The van der Waals surface area contributed by atoms with Gasteiger partial charge in [-0.05, 0) is 30.4 Å². The maximum absolute atomic E-state index is 11.2. The van der Waals surface area contributed by atoms with E-state index in [0.29, 0.717) is 6.61 Å². The summed E-state index contributed by atoms with van der Waals surface area (Å²) in [5, 5.41) is 11.2. The first kappa shape index (κ1) is 15.1. The molecule has 0 aliphatic heterocycles. The fourth-order valence-corrected chi connectivity index (χ4v) is 3.42. The van der Waals surface area contributed by atoms with Gasteiger partial charge >= 0.3 is 0 Å². The van der Waals surface area contributed by atoms with E-state index in [-0.39, 0.29) is 5.92 Å². The van der Waals surface area contributed by atoms with Crippen LogP contribution in [0.5, 0.6) is 5.75 Å². The zero-order valence-electron chi connectivity index (χ0n) is 13.2. The molecule has 0 amide bonds. The van der Waals surface area contributed by atoms with Crippen LogP contribution in [0.1, 0.15) is 43.7 Å². The number of hydrogen-bond acceptors (Lipinski definition) is 2. The van der Waals surface area contributed by atoms with Crippen LogP contribution in [0, 0.1) is 5.92 Å². The SMILES string of the molecule is CC1CCCCC1(O)c1ccccc1OCc1ccccc1. The minimum absolute atomic E-state index is 0.266. The van der Waals surface area contributed by atoms with Crippen molar-refractivity contribution >= 4 is 0 Å². The van der Waals surface area contributed by atoms with Crippen LogP contribution in [0.25, 0.3) is 0 Å². The molecule has 2 nitrogen and oxygen atoms in total. The van der Waals surface area contributed by atoms with Gasteiger partial charge in [0.25, 0.3) is 0 Å². The number of aliphatic hydroxyl groups is 1. The third-order valence-corrected chi connectivity index (χ3v) is 4.85. The molecule has 1 aliphatic rings. The van der Waals surface area contributed by atoms with Crippen molar-refractivity contribution < 1.29 is 9.84 Å². The van der Waals surface area contributed by atoms with Gasteiger partial charge in [-0.25, -0.2) is 0 Å². The third-order valence-electron chi connectivity index (χ3n) is 4.85. The normalized spacial score (nSPS) is 24.9. The molecule has 1 aliphatic carbocycles. The predicted molar refractivity (Wildman–Crippen MR) is 88.7 cm³/mol. The van der Waals surface area contributed by atoms with Crippen LogP contribution in [-0.2, 0) is 12.2 Å². The lowest BCUT2D eigenvalue weighted by atomic mass is 9.72. The van der Waals surface area contributed by atoms with E-state index in [1.165, 1.54) is 6.42 Å². The number of hydrogen-bond donors (Lipinski definition) is 1. The summed E-state index contributed by atoms with van der Waals surface area (Å²) in [4.78, 5) is 0. The van der Waals surface area contributed by atoms with E-state index in [4.69, 9.17) is 4.74 Å². The topological polar surface area (TPSA) is 29.5 Å². The maximum atomic E-state index is 11.2. The van der Waals surface area contributed by atoms with Crippen LogP contribution in [0.4, 0.5) is 0 Å². The summed E-state index contributed by atoms with van der Waals surface area (Å²) in [5.74, 6) is 1.07. The molecule has 0 heterocycles. The van der Waals surface area contributed by atoms with Crippen LogP contribution >= 0.6 is 0 Å². The van der Waals surface area contributed by atoms with Crippen molar-refractivity contribution in [2.75, 3.05) is 0 Å². The van der Waals surface area contributed by atoms with Crippen LogP contribution in [0.3, 0.4) is 0 Å². The van der Waals surface area contributed by atoms with Crippen LogP contribution in [0.15, 0.2) is 54.6 Å². The van der Waals surface area contributed by atoms with E-state index in [2.05, 4.69) is 19.1 Å². The Kier molecular flexibility index (Phi) is 4.49. The Hall–Kier alpha value is -1.80. The third kappa shape index (κ3) is 3.02. The molecule has 0 radical (unpaired) electrons. The van der Waals surface area contributed by atoms with Gasteiger partial charge < -0.3 is 9.84 Å². The molecule has 1 saturated carbocycles. The molecule has 0 saturated heterocycles. The first-order valence-corrected chi connectivity index (χ1v) is 8.19. The highest BCUT2D eigenvalue weighted by atomic mass is 16.5. The molecule has 2 heteroatoms. The van der Waals surface area contributed by atoms with Gasteiger partial charge in [0.1, 0.15) is 12.4 Å². The predicted octanol–water partition coefficient (Wildman–Crippen LogP) is 4.66. The fraction of sp³-hybridized carbons (Fsp3) is 0.400. The van der Waals surface area contributed by atoms with Crippen molar-refractivity contribution in [2.45, 2.75) is 44.8 Å². The monoisotopic (exact) mass is 296 g/mol. The lowest BCUT2D eigenvalue weighted by Gasteiger charge is -2.39. The van der Waals surface area contributed by atoms with Crippen LogP contribution in [0.2, 0.25) is 0 Å². The van der Waals surface area contributed by atoms with Gasteiger partial charge in [-0.15, -0.1) is 0 Å². The summed E-state index contributed by atoms with van der Waals surface area (Å²) in [6.07, 6.45) is 4.17. The Balaban J connectivity index is 1.83. The molecule has 1 fully saturated rings. The largest absolute Gasteiger partial charge is 0.489 e. The first-order valence-electron chi connectivity index (χ1n) is 8.19. The van der Waals surface area contributed by atoms with Crippen molar-refractivity contribution in [1.29, 1.82) is 0 Å². The molecule has 3 rings (SSSR count). The van der Waals surface area contributed by atoms with Crippen molar-refractivity contribution in [3.8, 4) is 5.75 Å². The zero-order chi connectivity index (χ0) is 15.4. The summed E-state index contributed by atoms with van der Waals surface area (Å²) in [5.41, 5.74) is 1.32. The van der Waals surface area contributed by atoms with Crippen molar-refractivity contribution in [2.24, 2.45) is 5.92 Å². The highest BCUT2D eigenvalue weighted by Crippen LogP contribution is 2.44. The maximum Gasteiger partial charge on any atom is 0.125 e. The first-order chi connectivity index (χ1) is 10.7. The van der Waals surface area contributed by atoms with Gasteiger partial charge in [-0.3, -0.25) is 0 Å². The molecule has 2 aromatic carbocycles. The van der Waals surface area contributed by atoms with Crippen molar-refractivity contribution in [3.05, 3.63) is 65.7 Å². The summed E-state index contributed by atoms with van der Waals surface area (Å²) in [6, 6.07) is 18.1. The van der Waals surface area contributed by atoms with E-state index in [9.17, 15) is 5.11 Å². The summed E-state index contributed by atoms with van der Waals surface area (Å²) in [6.45, 7) is 2.68. The molecule has 2 aromatic rings.